The molecule has 1 atom stereocenters. The van der Waals surface area contributed by atoms with Gasteiger partial charge in [0.1, 0.15) is 0 Å². The highest BCUT2D eigenvalue weighted by Crippen LogP contribution is 2.44. The molecule has 7 aromatic rings. The van der Waals surface area contributed by atoms with Gasteiger partial charge in [0.25, 0.3) is 0 Å². The summed E-state index contributed by atoms with van der Waals surface area (Å²) in [5, 5.41) is 2.70. The van der Waals surface area contributed by atoms with Gasteiger partial charge in [0.05, 0.1) is 0 Å². The highest BCUT2D eigenvalue weighted by molar-refractivity contribution is 7.26. The molecule has 8 rings (SSSR count). The molecule has 0 saturated carbocycles. The zero-order valence-electron chi connectivity index (χ0n) is 30.7. The Hall–Kier alpha value is -5.18. The van der Waals surface area contributed by atoms with Crippen LogP contribution in [-0.2, 0) is 6.42 Å². The van der Waals surface area contributed by atoms with Crippen LogP contribution in [0.25, 0.3) is 42.4 Å². The van der Waals surface area contributed by atoms with Crippen molar-refractivity contribution in [2.24, 2.45) is 5.92 Å². The van der Waals surface area contributed by atoms with Crippen LogP contribution in [0.3, 0.4) is 0 Å². The van der Waals surface area contributed by atoms with E-state index in [9.17, 15) is 0 Å². The molecule has 0 N–H and O–H groups in total. The normalized spacial score (nSPS) is 13.9. The van der Waals surface area contributed by atoms with E-state index in [1.807, 2.05) is 29.5 Å². The van der Waals surface area contributed by atoms with E-state index in [0.717, 1.165) is 12.8 Å². The molecule has 2 heteroatoms. The van der Waals surface area contributed by atoms with Crippen LogP contribution in [0.4, 0.5) is 11.4 Å². The number of hydrogen-bond acceptors (Lipinski definition) is 2. The Kier molecular flexibility index (Phi) is 10.1. The molecule has 254 valence electrons. The predicted octanol–water partition coefficient (Wildman–Crippen LogP) is 14.5. The van der Waals surface area contributed by atoms with E-state index in [4.69, 9.17) is 0 Å². The molecule has 51 heavy (non-hydrogen) atoms. The van der Waals surface area contributed by atoms with E-state index in [-0.39, 0.29) is 0 Å². The number of thiophene rings is 1. The lowest BCUT2D eigenvalue weighted by atomic mass is 9.92. The van der Waals surface area contributed by atoms with E-state index >= 15 is 0 Å². The van der Waals surface area contributed by atoms with E-state index in [0.29, 0.717) is 5.92 Å². The van der Waals surface area contributed by atoms with Crippen LogP contribution in [0.15, 0.2) is 151 Å². The molecule has 0 fully saturated rings. The number of anilines is 2. The quantitative estimate of drug-likeness (QED) is 0.169. The number of allylic oxidation sites excluding steroid dienone is 3. The van der Waals surface area contributed by atoms with Gasteiger partial charge < -0.3 is 4.90 Å². The fraction of sp³-hybridized carbons (Fsp3) is 0.184. The van der Waals surface area contributed by atoms with Crippen molar-refractivity contribution in [1.82, 2.24) is 0 Å². The third-order valence-corrected chi connectivity index (χ3v) is 11.4. The lowest BCUT2D eigenvalue weighted by Crippen LogP contribution is -2.17. The summed E-state index contributed by atoms with van der Waals surface area (Å²) in [6, 6.07) is 46.5. The summed E-state index contributed by atoms with van der Waals surface area (Å²) in [7, 11) is 0. The fourth-order valence-corrected chi connectivity index (χ4v) is 8.61. The van der Waals surface area contributed by atoms with Crippen molar-refractivity contribution < 1.29 is 0 Å². The fourth-order valence-electron chi connectivity index (χ4n) is 7.29. The maximum atomic E-state index is 2.45. The molecule has 0 radical (unpaired) electrons. The zero-order valence-corrected chi connectivity index (χ0v) is 31.5. The number of rotatable bonds is 6. The minimum Gasteiger partial charge on any atom is -0.311 e. The van der Waals surface area contributed by atoms with Gasteiger partial charge >= 0.3 is 0 Å². The molecule has 0 saturated heterocycles. The third-order valence-electron chi connectivity index (χ3n) is 10.2. The van der Waals surface area contributed by atoms with Gasteiger partial charge in [-0.25, -0.2) is 0 Å². The summed E-state index contributed by atoms with van der Waals surface area (Å²) < 4.78 is 2.73. The van der Waals surface area contributed by atoms with Gasteiger partial charge in [-0.3, -0.25) is 0 Å². The van der Waals surface area contributed by atoms with Crippen LogP contribution in [0.2, 0.25) is 0 Å². The molecule has 0 bridgehead atoms. The molecule has 1 nitrogen and oxygen atoms in total. The van der Waals surface area contributed by atoms with Gasteiger partial charge in [0.2, 0.25) is 0 Å². The molecule has 1 aliphatic carbocycles. The Bertz CT molecular complexity index is 2390. The smallest absolute Gasteiger partial charge is 0.0467 e. The van der Waals surface area contributed by atoms with Gasteiger partial charge in [0.15, 0.2) is 0 Å². The lowest BCUT2D eigenvalue weighted by Gasteiger charge is -2.30. The minimum atomic E-state index is 0.555. The maximum Gasteiger partial charge on any atom is 0.0467 e. The van der Waals surface area contributed by atoms with E-state index in [1.54, 1.807) is 0 Å². The molecule has 0 spiro atoms. The van der Waals surface area contributed by atoms with Crippen LogP contribution >= 0.6 is 11.3 Å². The first-order valence-corrected chi connectivity index (χ1v) is 19.0. The Balaban J connectivity index is 0.000000520. The van der Waals surface area contributed by atoms with Crippen molar-refractivity contribution in [3.8, 4) is 22.3 Å². The van der Waals surface area contributed by atoms with Gasteiger partial charge in [-0.1, -0.05) is 129 Å². The molecule has 1 aromatic heterocycles. The average Bonchev–Trinajstić information content (AvgIpc) is 3.52. The standard InChI is InChI=1S/C42H39NS.C7H8/c1-6-31-18-21-34(26-39(31)35-12-8-7-11-28(35)3)43(32-19-15-27(2)16-20-32)33-22-24-36(30(5)25-33)41-29(4)17-23-38-37-13-9-10-14-40(37)44-42(38)41;1-7-5-3-2-4-6-7/h7-15,17-27H,6,16H2,1-5H3;2-6H,1H3. The number of nitrogens with zero attached hydrogens (tertiary/aromatic N) is 1. The Morgan fingerprint density at radius 3 is 2.06 bits per heavy atom. The maximum absolute atomic E-state index is 2.45. The highest BCUT2D eigenvalue weighted by atomic mass is 32.1. The van der Waals surface area contributed by atoms with Crippen LogP contribution in [0.1, 0.15) is 48.1 Å². The topological polar surface area (TPSA) is 3.24 Å². The first kappa shape index (κ1) is 34.3. The van der Waals surface area contributed by atoms with Gasteiger partial charge in [-0.2, -0.15) is 0 Å². The summed E-state index contributed by atoms with van der Waals surface area (Å²) in [6.45, 7) is 13.4. The second-order valence-electron chi connectivity index (χ2n) is 13.9. The van der Waals surface area contributed by atoms with Crippen LogP contribution < -0.4 is 4.90 Å². The van der Waals surface area contributed by atoms with Crippen LogP contribution in [-0.4, -0.2) is 0 Å². The molecule has 1 aliphatic rings. The SMILES string of the molecule is CCc1ccc(N(C2=CCC(C)C=C2)c2ccc(-c3c(C)ccc4c3sc3ccccc34)c(C)c2)cc1-c1ccccc1C.Cc1ccccc1. The number of benzene rings is 6. The van der Waals surface area contributed by atoms with Crippen molar-refractivity contribution in [3.05, 3.63) is 179 Å². The summed E-state index contributed by atoms with van der Waals surface area (Å²) in [5.41, 5.74) is 15.5. The number of hydrogen-bond donors (Lipinski definition) is 0. The first-order chi connectivity index (χ1) is 24.8. The lowest BCUT2D eigenvalue weighted by molar-refractivity contribution is 0.728. The van der Waals surface area contributed by atoms with E-state index in [1.165, 1.54) is 87.3 Å². The molecule has 1 unspecified atom stereocenters. The number of fused-ring (bicyclic) bond motifs is 3. The van der Waals surface area contributed by atoms with E-state index in [2.05, 4.69) is 174 Å². The average molecular weight is 682 g/mol. The Labute approximate surface area is 308 Å². The monoisotopic (exact) mass is 681 g/mol. The largest absolute Gasteiger partial charge is 0.311 e. The second-order valence-corrected chi connectivity index (χ2v) is 15.0. The number of aryl methyl sites for hydroxylation is 5. The second kappa shape index (κ2) is 15.0. The van der Waals surface area contributed by atoms with Crippen molar-refractivity contribution in [3.63, 3.8) is 0 Å². The minimum absolute atomic E-state index is 0.555. The third kappa shape index (κ3) is 7.07. The van der Waals surface area contributed by atoms with Gasteiger partial charge in [-0.15, -0.1) is 11.3 Å². The summed E-state index contributed by atoms with van der Waals surface area (Å²) in [4.78, 5) is 2.45. The van der Waals surface area contributed by atoms with Gasteiger partial charge in [-0.05, 0) is 122 Å². The molecule has 1 heterocycles. The zero-order chi connectivity index (χ0) is 35.5. The van der Waals surface area contributed by atoms with E-state index < -0.39 is 0 Å². The first-order valence-electron chi connectivity index (χ1n) is 18.2. The van der Waals surface area contributed by atoms with Crippen molar-refractivity contribution in [1.29, 1.82) is 0 Å². The summed E-state index contributed by atoms with van der Waals surface area (Å²) in [6.07, 6.45) is 9.10. The predicted molar refractivity (Wildman–Crippen MR) is 225 cm³/mol. The molecule has 0 aliphatic heterocycles. The Morgan fingerprint density at radius 1 is 0.627 bits per heavy atom. The van der Waals surface area contributed by atoms with Crippen molar-refractivity contribution in [2.45, 2.75) is 54.4 Å². The molecular formula is C49H47NS. The van der Waals surface area contributed by atoms with Crippen LogP contribution in [0, 0.1) is 33.6 Å². The summed E-state index contributed by atoms with van der Waals surface area (Å²) >= 11 is 1.91. The van der Waals surface area contributed by atoms with Crippen LogP contribution in [0.5, 0.6) is 0 Å². The molecule has 0 amide bonds. The van der Waals surface area contributed by atoms with Crippen molar-refractivity contribution >= 4 is 42.9 Å². The van der Waals surface area contributed by atoms with Crippen molar-refractivity contribution in [2.75, 3.05) is 4.90 Å². The molecular weight excluding hydrogens is 635 g/mol. The Morgan fingerprint density at radius 2 is 1.35 bits per heavy atom. The summed E-state index contributed by atoms with van der Waals surface area (Å²) in [5.74, 6) is 0.555. The highest BCUT2D eigenvalue weighted by Gasteiger charge is 2.20. The van der Waals surface area contributed by atoms with Gasteiger partial charge in [0, 0.05) is 42.8 Å². The molecule has 6 aromatic carbocycles.